The molecule has 27 heavy (non-hydrogen) atoms. The van der Waals surface area contributed by atoms with Crippen molar-refractivity contribution in [3.8, 4) is 0 Å². The molecular weight excluding hydrogens is 356 g/mol. The molecule has 1 aliphatic rings. The van der Waals surface area contributed by atoms with E-state index in [1.807, 2.05) is 6.92 Å². The lowest BCUT2D eigenvalue weighted by molar-refractivity contribution is -0.133. The van der Waals surface area contributed by atoms with Crippen molar-refractivity contribution in [2.45, 2.75) is 19.4 Å². The maximum atomic E-state index is 13.6. The third kappa shape index (κ3) is 3.38. The van der Waals surface area contributed by atoms with Crippen molar-refractivity contribution in [3.63, 3.8) is 0 Å². The van der Waals surface area contributed by atoms with E-state index in [2.05, 4.69) is 10.6 Å². The molecule has 6 nitrogen and oxygen atoms in total. The minimum atomic E-state index is -1.33. The van der Waals surface area contributed by atoms with E-state index >= 15 is 0 Å². The number of urea groups is 1. The van der Waals surface area contributed by atoms with Gasteiger partial charge in [-0.25, -0.2) is 13.6 Å². The molecule has 1 atom stereocenters. The summed E-state index contributed by atoms with van der Waals surface area (Å²) >= 11 is 0. The summed E-state index contributed by atoms with van der Waals surface area (Å²) in [6, 6.07) is 9.41. The lowest BCUT2D eigenvalue weighted by Crippen LogP contribution is -2.42. The third-order valence-corrected chi connectivity index (χ3v) is 4.43. The second kappa shape index (κ2) is 6.79. The number of hydrogen-bond donors (Lipinski definition) is 2. The average molecular weight is 373 g/mol. The van der Waals surface area contributed by atoms with Gasteiger partial charge in [0.2, 0.25) is 5.91 Å². The number of amides is 4. The zero-order valence-corrected chi connectivity index (χ0v) is 14.7. The molecule has 1 heterocycles. The minimum Gasteiger partial charge on any atom is -0.320 e. The third-order valence-electron chi connectivity index (χ3n) is 4.43. The predicted molar refractivity (Wildman–Crippen MR) is 93.8 cm³/mol. The molecule has 1 saturated heterocycles. The van der Waals surface area contributed by atoms with Crippen LogP contribution in [0.3, 0.4) is 0 Å². The number of nitrogens with zero attached hydrogens (tertiary/aromatic N) is 1. The molecule has 2 N–H and O–H groups in total. The summed E-state index contributed by atoms with van der Waals surface area (Å²) < 4.78 is 27.3. The lowest BCUT2D eigenvalue weighted by Gasteiger charge is -2.22. The van der Waals surface area contributed by atoms with Crippen LogP contribution in [0.25, 0.3) is 0 Å². The first-order valence-electron chi connectivity index (χ1n) is 8.17. The second-order valence-electron chi connectivity index (χ2n) is 6.46. The van der Waals surface area contributed by atoms with Gasteiger partial charge in [0.1, 0.15) is 29.4 Å². The summed E-state index contributed by atoms with van der Waals surface area (Å²) in [5.74, 6) is -3.42. The lowest BCUT2D eigenvalue weighted by atomic mass is 9.91. The Kier molecular flexibility index (Phi) is 4.65. The van der Waals surface area contributed by atoms with Crippen molar-refractivity contribution in [2.24, 2.45) is 0 Å². The van der Waals surface area contributed by atoms with Gasteiger partial charge in [0.05, 0.1) is 0 Å². The van der Waals surface area contributed by atoms with Crippen LogP contribution in [0.2, 0.25) is 0 Å². The molecule has 140 valence electrons. The Morgan fingerprint density at radius 3 is 2.30 bits per heavy atom. The van der Waals surface area contributed by atoms with Gasteiger partial charge in [0.25, 0.3) is 5.91 Å². The fraction of sp³-hybridized carbons (Fsp3) is 0.211. The predicted octanol–water partition coefficient (Wildman–Crippen LogP) is 2.68. The number of para-hydroxylation sites is 1. The van der Waals surface area contributed by atoms with Gasteiger partial charge in [-0.05, 0) is 31.5 Å². The smallest absolute Gasteiger partial charge is 0.320 e. The summed E-state index contributed by atoms with van der Waals surface area (Å²) in [6.45, 7) is 2.76. The van der Waals surface area contributed by atoms with Gasteiger partial charge < -0.3 is 10.6 Å². The fourth-order valence-corrected chi connectivity index (χ4v) is 2.86. The Morgan fingerprint density at radius 1 is 1.11 bits per heavy atom. The number of carbonyl (C=O) groups excluding carboxylic acids is 3. The van der Waals surface area contributed by atoms with Gasteiger partial charge in [-0.3, -0.25) is 14.5 Å². The molecule has 0 aromatic heterocycles. The summed E-state index contributed by atoms with van der Waals surface area (Å²) in [6.07, 6.45) is 0. The van der Waals surface area contributed by atoms with Crippen molar-refractivity contribution < 1.29 is 23.2 Å². The van der Waals surface area contributed by atoms with E-state index in [1.54, 1.807) is 24.3 Å². The maximum Gasteiger partial charge on any atom is 0.325 e. The Morgan fingerprint density at radius 2 is 1.70 bits per heavy atom. The van der Waals surface area contributed by atoms with Crippen molar-refractivity contribution >= 4 is 23.5 Å². The van der Waals surface area contributed by atoms with E-state index in [-0.39, 0.29) is 0 Å². The second-order valence-corrected chi connectivity index (χ2v) is 6.46. The van der Waals surface area contributed by atoms with Crippen LogP contribution in [0.1, 0.15) is 18.1 Å². The van der Waals surface area contributed by atoms with Crippen LogP contribution in [0.5, 0.6) is 0 Å². The monoisotopic (exact) mass is 373 g/mol. The highest BCUT2D eigenvalue weighted by Gasteiger charge is 2.49. The number of imide groups is 1. The van der Waals surface area contributed by atoms with Crippen molar-refractivity contribution in [1.29, 1.82) is 0 Å². The van der Waals surface area contributed by atoms with Crippen LogP contribution in [-0.4, -0.2) is 29.3 Å². The van der Waals surface area contributed by atoms with Crippen LogP contribution in [0, 0.1) is 18.6 Å². The molecule has 0 spiro atoms. The Balaban J connectivity index is 1.77. The van der Waals surface area contributed by atoms with E-state index in [0.29, 0.717) is 10.5 Å². The number of benzene rings is 2. The normalized spacial score (nSPS) is 19.2. The zero-order chi connectivity index (χ0) is 19.8. The van der Waals surface area contributed by atoms with Crippen LogP contribution in [0.15, 0.2) is 42.5 Å². The van der Waals surface area contributed by atoms with Crippen molar-refractivity contribution in [3.05, 3.63) is 65.2 Å². The SMILES string of the molecule is Cc1ccc([C@]2(C)NC(=O)N(CC(=O)Nc3c(F)cccc3F)C2=O)cc1. The molecule has 0 aliphatic carbocycles. The number of aryl methyl sites for hydroxylation is 1. The van der Waals surface area contributed by atoms with Crippen LogP contribution in [0.4, 0.5) is 19.3 Å². The molecule has 0 saturated carbocycles. The topological polar surface area (TPSA) is 78.5 Å². The van der Waals surface area contributed by atoms with Gasteiger partial charge in [-0.2, -0.15) is 0 Å². The summed E-state index contributed by atoms with van der Waals surface area (Å²) in [4.78, 5) is 37.8. The van der Waals surface area contributed by atoms with Crippen molar-refractivity contribution in [1.82, 2.24) is 10.2 Å². The number of carbonyl (C=O) groups is 3. The molecule has 1 aliphatic heterocycles. The first kappa shape index (κ1) is 18.5. The van der Waals surface area contributed by atoms with Crippen molar-refractivity contribution in [2.75, 3.05) is 11.9 Å². The van der Waals surface area contributed by atoms with E-state index in [0.717, 1.165) is 23.8 Å². The van der Waals surface area contributed by atoms with Gasteiger partial charge >= 0.3 is 6.03 Å². The van der Waals surface area contributed by atoms with E-state index in [4.69, 9.17) is 0 Å². The fourth-order valence-electron chi connectivity index (χ4n) is 2.86. The molecule has 8 heteroatoms. The zero-order valence-electron chi connectivity index (χ0n) is 14.7. The van der Waals surface area contributed by atoms with Gasteiger partial charge in [0.15, 0.2) is 0 Å². The molecule has 3 rings (SSSR count). The number of nitrogens with one attached hydrogen (secondary N) is 2. The largest absolute Gasteiger partial charge is 0.325 e. The molecule has 2 aromatic carbocycles. The minimum absolute atomic E-state index is 0.564. The summed E-state index contributed by atoms with van der Waals surface area (Å²) in [7, 11) is 0. The molecule has 0 unspecified atom stereocenters. The number of anilines is 1. The summed E-state index contributed by atoms with van der Waals surface area (Å²) in [5, 5.41) is 4.63. The highest BCUT2D eigenvalue weighted by Crippen LogP contribution is 2.29. The van der Waals surface area contributed by atoms with Gasteiger partial charge in [0, 0.05) is 0 Å². The number of hydrogen-bond acceptors (Lipinski definition) is 3. The van der Waals surface area contributed by atoms with E-state index in [9.17, 15) is 23.2 Å². The Labute approximate surface area is 154 Å². The molecule has 2 aromatic rings. The first-order valence-corrected chi connectivity index (χ1v) is 8.17. The van der Waals surface area contributed by atoms with Crippen LogP contribution < -0.4 is 10.6 Å². The van der Waals surface area contributed by atoms with Crippen LogP contribution in [-0.2, 0) is 15.1 Å². The molecule has 1 fully saturated rings. The number of rotatable bonds is 4. The maximum absolute atomic E-state index is 13.6. The molecule has 4 amide bonds. The van der Waals surface area contributed by atoms with Gasteiger partial charge in [-0.15, -0.1) is 0 Å². The standard InChI is InChI=1S/C19H17F2N3O3/c1-11-6-8-12(9-7-11)19(2)17(26)24(18(27)23-19)10-15(25)22-16-13(20)4-3-5-14(16)21/h3-9H,10H2,1-2H3,(H,22,25)(H,23,27)/t19-/m0/s1. The highest BCUT2D eigenvalue weighted by atomic mass is 19.1. The van der Waals surface area contributed by atoms with E-state index < -0.39 is 47.3 Å². The molecular formula is C19H17F2N3O3. The van der Waals surface area contributed by atoms with Crippen LogP contribution >= 0.6 is 0 Å². The quantitative estimate of drug-likeness (QED) is 0.809. The number of halogens is 2. The van der Waals surface area contributed by atoms with Gasteiger partial charge in [-0.1, -0.05) is 35.9 Å². The van der Waals surface area contributed by atoms with E-state index in [1.165, 1.54) is 6.92 Å². The molecule has 0 radical (unpaired) electrons. The summed E-state index contributed by atoms with van der Waals surface area (Å²) in [5.41, 5.74) is -0.401. The Bertz CT molecular complexity index is 910. The molecule has 0 bridgehead atoms. The first-order chi connectivity index (χ1) is 12.7. The Hall–Kier alpha value is -3.29. The highest BCUT2D eigenvalue weighted by molar-refractivity contribution is 6.10. The average Bonchev–Trinajstić information content (AvgIpc) is 2.83.